The third kappa shape index (κ3) is 4.91. The van der Waals surface area contributed by atoms with Crippen LogP contribution < -0.4 is 4.74 Å². The molecule has 0 aliphatic carbocycles. The Balaban J connectivity index is 2.69. The van der Waals surface area contributed by atoms with E-state index in [1.54, 1.807) is 0 Å². The Morgan fingerprint density at radius 1 is 1.28 bits per heavy atom. The lowest BCUT2D eigenvalue weighted by Crippen LogP contribution is -2.02. The van der Waals surface area contributed by atoms with Crippen LogP contribution in [0.5, 0.6) is 5.75 Å². The zero-order chi connectivity index (χ0) is 13.4. The molecule has 0 aromatic heterocycles. The predicted molar refractivity (Wildman–Crippen MR) is 75.4 cm³/mol. The van der Waals surface area contributed by atoms with E-state index < -0.39 is 0 Å². The van der Waals surface area contributed by atoms with Crippen LogP contribution in [0.4, 0.5) is 0 Å². The Kier molecular flexibility index (Phi) is 6.48. The Morgan fingerprint density at radius 2 is 2.06 bits per heavy atom. The molecule has 0 aliphatic rings. The molecule has 0 saturated heterocycles. The summed E-state index contributed by atoms with van der Waals surface area (Å²) >= 11 is 0. The van der Waals surface area contributed by atoms with Crippen molar-refractivity contribution >= 4 is 6.29 Å². The first-order chi connectivity index (χ1) is 8.67. The van der Waals surface area contributed by atoms with Crippen LogP contribution in [0.2, 0.25) is 0 Å². The molecule has 0 saturated carbocycles. The minimum absolute atomic E-state index is 0.611. The van der Waals surface area contributed by atoms with E-state index in [4.69, 9.17) is 4.74 Å². The lowest BCUT2D eigenvalue weighted by atomic mass is 10.0. The predicted octanol–water partition coefficient (Wildman–Crippen LogP) is 4.27. The second-order valence-electron chi connectivity index (χ2n) is 5.14. The smallest absolute Gasteiger partial charge is 0.153 e. The molecule has 0 bridgehead atoms. The van der Waals surface area contributed by atoms with Gasteiger partial charge in [-0.05, 0) is 36.5 Å². The van der Waals surface area contributed by atoms with Crippen LogP contribution in [0, 0.1) is 5.92 Å². The number of hydrogen-bond donors (Lipinski definition) is 0. The molecular formula is C16H24O2. The van der Waals surface area contributed by atoms with Crippen LogP contribution in [0.25, 0.3) is 0 Å². The van der Waals surface area contributed by atoms with Gasteiger partial charge >= 0.3 is 0 Å². The number of hydrogen-bond acceptors (Lipinski definition) is 2. The van der Waals surface area contributed by atoms with Crippen molar-refractivity contribution in [2.24, 2.45) is 5.92 Å². The van der Waals surface area contributed by atoms with Gasteiger partial charge in [-0.3, -0.25) is 4.79 Å². The first kappa shape index (κ1) is 14.7. The van der Waals surface area contributed by atoms with Gasteiger partial charge in [0.05, 0.1) is 12.2 Å². The summed E-state index contributed by atoms with van der Waals surface area (Å²) in [7, 11) is 0. The highest BCUT2D eigenvalue weighted by Gasteiger charge is 2.06. The normalized spacial score (nSPS) is 10.7. The molecule has 18 heavy (non-hydrogen) atoms. The maximum atomic E-state index is 11.0. The summed E-state index contributed by atoms with van der Waals surface area (Å²) in [5, 5.41) is 0. The molecule has 100 valence electrons. The van der Waals surface area contributed by atoms with Crippen molar-refractivity contribution < 1.29 is 9.53 Å². The van der Waals surface area contributed by atoms with Crippen LogP contribution in [0.3, 0.4) is 0 Å². The third-order valence-corrected chi connectivity index (χ3v) is 2.85. The molecule has 0 unspecified atom stereocenters. The van der Waals surface area contributed by atoms with E-state index in [0.29, 0.717) is 18.1 Å². The molecule has 0 heterocycles. The molecule has 1 aromatic carbocycles. The van der Waals surface area contributed by atoms with Crippen molar-refractivity contribution in [1.29, 1.82) is 0 Å². The Morgan fingerprint density at radius 3 is 2.67 bits per heavy atom. The topological polar surface area (TPSA) is 26.3 Å². The maximum absolute atomic E-state index is 11.0. The minimum atomic E-state index is 0.611. The van der Waals surface area contributed by atoms with Gasteiger partial charge in [-0.1, -0.05) is 39.7 Å². The molecule has 2 nitrogen and oxygen atoms in total. The first-order valence-electron chi connectivity index (χ1n) is 6.88. The number of ether oxygens (including phenoxy) is 1. The number of rotatable bonds is 8. The number of benzene rings is 1. The SMILES string of the molecule is CCCCCOc1cc(CC(C)C)ccc1C=O. The first-order valence-corrected chi connectivity index (χ1v) is 6.88. The van der Waals surface area contributed by atoms with Gasteiger partial charge in [-0.25, -0.2) is 0 Å². The summed E-state index contributed by atoms with van der Waals surface area (Å²) in [6, 6.07) is 5.89. The van der Waals surface area contributed by atoms with Crippen molar-refractivity contribution in [1.82, 2.24) is 0 Å². The number of carbonyl (C=O) groups is 1. The Bertz CT molecular complexity index is 369. The molecule has 0 N–H and O–H groups in total. The number of aldehydes is 1. The molecule has 2 heteroatoms. The fourth-order valence-corrected chi connectivity index (χ4v) is 1.93. The third-order valence-electron chi connectivity index (χ3n) is 2.85. The number of unbranched alkanes of at least 4 members (excludes halogenated alkanes) is 2. The second kappa shape index (κ2) is 7.91. The molecule has 0 fully saturated rings. The van der Waals surface area contributed by atoms with Gasteiger partial charge in [-0.15, -0.1) is 0 Å². The van der Waals surface area contributed by atoms with Crippen molar-refractivity contribution in [3.8, 4) is 5.75 Å². The summed E-state index contributed by atoms with van der Waals surface area (Å²) in [6.07, 6.45) is 5.28. The summed E-state index contributed by atoms with van der Waals surface area (Å²) in [6.45, 7) is 7.24. The highest BCUT2D eigenvalue weighted by molar-refractivity contribution is 5.79. The van der Waals surface area contributed by atoms with Crippen LogP contribution in [-0.2, 0) is 6.42 Å². The van der Waals surface area contributed by atoms with Crippen molar-refractivity contribution in [2.75, 3.05) is 6.61 Å². The zero-order valence-electron chi connectivity index (χ0n) is 11.7. The summed E-state index contributed by atoms with van der Waals surface area (Å²) in [5.41, 5.74) is 1.89. The van der Waals surface area contributed by atoms with Crippen LogP contribution in [0.1, 0.15) is 56.0 Å². The molecule has 0 atom stereocenters. The molecule has 0 radical (unpaired) electrons. The quantitative estimate of drug-likeness (QED) is 0.507. The van der Waals surface area contributed by atoms with Gasteiger partial charge in [0.2, 0.25) is 0 Å². The lowest BCUT2D eigenvalue weighted by Gasteiger charge is -2.11. The zero-order valence-corrected chi connectivity index (χ0v) is 11.7. The van der Waals surface area contributed by atoms with E-state index in [1.807, 2.05) is 18.2 Å². The van der Waals surface area contributed by atoms with Crippen LogP contribution in [0.15, 0.2) is 18.2 Å². The molecule has 1 rings (SSSR count). The number of carbonyl (C=O) groups excluding carboxylic acids is 1. The fraction of sp³-hybridized carbons (Fsp3) is 0.562. The van der Waals surface area contributed by atoms with E-state index >= 15 is 0 Å². The highest BCUT2D eigenvalue weighted by atomic mass is 16.5. The highest BCUT2D eigenvalue weighted by Crippen LogP contribution is 2.21. The van der Waals surface area contributed by atoms with Crippen molar-refractivity contribution in [3.63, 3.8) is 0 Å². The molecule has 0 amide bonds. The van der Waals surface area contributed by atoms with E-state index in [1.165, 1.54) is 18.4 Å². The minimum Gasteiger partial charge on any atom is -0.493 e. The van der Waals surface area contributed by atoms with E-state index in [-0.39, 0.29) is 0 Å². The van der Waals surface area contributed by atoms with E-state index in [0.717, 1.165) is 24.9 Å². The van der Waals surface area contributed by atoms with Gasteiger partial charge in [0, 0.05) is 0 Å². The Hall–Kier alpha value is -1.31. The van der Waals surface area contributed by atoms with Gasteiger partial charge in [0.1, 0.15) is 5.75 Å². The monoisotopic (exact) mass is 248 g/mol. The summed E-state index contributed by atoms with van der Waals surface area (Å²) < 4.78 is 5.72. The van der Waals surface area contributed by atoms with Gasteiger partial charge < -0.3 is 4.74 Å². The standard InChI is InChI=1S/C16H24O2/c1-4-5-6-9-18-16-11-14(10-13(2)3)7-8-15(16)12-17/h7-8,11-13H,4-6,9-10H2,1-3H3. The average Bonchev–Trinajstić information content (AvgIpc) is 2.34. The van der Waals surface area contributed by atoms with Crippen molar-refractivity contribution in [3.05, 3.63) is 29.3 Å². The lowest BCUT2D eigenvalue weighted by molar-refractivity contribution is 0.111. The Labute approximate surface area is 110 Å². The summed E-state index contributed by atoms with van der Waals surface area (Å²) in [5.74, 6) is 1.35. The van der Waals surface area contributed by atoms with Crippen molar-refractivity contribution in [2.45, 2.75) is 46.5 Å². The molecular weight excluding hydrogens is 224 g/mol. The van der Waals surface area contributed by atoms with E-state index in [2.05, 4.69) is 20.8 Å². The van der Waals surface area contributed by atoms with E-state index in [9.17, 15) is 4.79 Å². The molecule has 0 aliphatic heterocycles. The average molecular weight is 248 g/mol. The van der Waals surface area contributed by atoms with Crippen LogP contribution >= 0.6 is 0 Å². The largest absolute Gasteiger partial charge is 0.493 e. The van der Waals surface area contributed by atoms with Gasteiger partial charge in [0.15, 0.2) is 6.29 Å². The van der Waals surface area contributed by atoms with Gasteiger partial charge in [-0.2, -0.15) is 0 Å². The van der Waals surface area contributed by atoms with Crippen LogP contribution in [-0.4, -0.2) is 12.9 Å². The maximum Gasteiger partial charge on any atom is 0.153 e. The molecule has 0 spiro atoms. The summed E-state index contributed by atoms with van der Waals surface area (Å²) in [4.78, 5) is 11.0. The van der Waals surface area contributed by atoms with Gasteiger partial charge in [0.25, 0.3) is 0 Å². The fourth-order valence-electron chi connectivity index (χ4n) is 1.93. The second-order valence-corrected chi connectivity index (χ2v) is 5.14. The molecule has 1 aromatic rings.